The van der Waals surface area contributed by atoms with Gasteiger partial charge in [-0.2, -0.15) is 0 Å². The molecule has 0 saturated carbocycles. The zero-order valence-electron chi connectivity index (χ0n) is 24.8. The average molecular weight is 603 g/mol. The van der Waals surface area contributed by atoms with E-state index in [9.17, 15) is 0 Å². The molecule has 2 heteroatoms. The van der Waals surface area contributed by atoms with Crippen LogP contribution in [0.1, 0.15) is 0 Å². The highest BCUT2D eigenvalue weighted by molar-refractivity contribution is 7.23. The lowest BCUT2D eigenvalue weighted by atomic mass is 9.84. The predicted molar refractivity (Wildman–Crippen MR) is 198 cm³/mol. The van der Waals surface area contributed by atoms with Gasteiger partial charge in [-0.1, -0.05) is 133 Å². The van der Waals surface area contributed by atoms with Gasteiger partial charge in [0.25, 0.3) is 0 Å². The third kappa shape index (κ3) is 3.74. The van der Waals surface area contributed by atoms with E-state index >= 15 is 0 Å². The molecule has 0 aliphatic carbocycles. The second-order valence-corrected chi connectivity index (χ2v) is 13.1. The molecule has 1 nitrogen and oxygen atoms in total. The summed E-state index contributed by atoms with van der Waals surface area (Å²) in [4.78, 5) is 1.25. The fraction of sp³-hybridized carbons (Fsp3) is 0. The van der Waals surface area contributed by atoms with E-state index in [2.05, 4.69) is 158 Å². The molecule has 10 rings (SSSR count). The molecular weight excluding hydrogens is 577 g/mol. The third-order valence-electron chi connectivity index (χ3n) is 9.45. The van der Waals surface area contributed by atoms with Crippen molar-refractivity contribution in [2.24, 2.45) is 0 Å². The second kappa shape index (κ2) is 9.90. The summed E-state index contributed by atoms with van der Waals surface area (Å²) in [7, 11) is 0. The standard InChI is InChI=1S/C44H26OS/c1-2-12-28(13-3-1)39-26-31-23-24-37-42-36(19-10-20-38(42)45-43(37)44(31)46-39)41-34-17-8-6-15-32(34)40(33-16-7-9-18-35(33)41)30-22-21-27-11-4-5-14-29(27)25-30/h1-26H. The first kappa shape index (κ1) is 25.6. The van der Waals surface area contributed by atoms with Crippen LogP contribution in [0.15, 0.2) is 162 Å². The normalized spacial score (nSPS) is 11.9. The van der Waals surface area contributed by atoms with Gasteiger partial charge in [-0.3, -0.25) is 0 Å². The summed E-state index contributed by atoms with van der Waals surface area (Å²) >= 11 is 1.81. The summed E-state index contributed by atoms with van der Waals surface area (Å²) in [6, 6.07) is 57.2. The van der Waals surface area contributed by atoms with E-state index in [0.29, 0.717) is 0 Å². The Labute approximate surface area is 269 Å². The highest BCUT2D eigenvalue weighted by Gasteiger charge is 2.21. The summed E-state index contributed by atoms with van der Waals surface area (Å²) in [5.74, 6) is 0. The van der Waals surface area contributed by atoms with Gasteiger partial charge in [-0.25, -0.2) is 0 Å². The fourth-order valence-corrected chi connectivity index (χ4v) is 8.56. The molecule has 0 fully saturated rings. The minimum atomic E-state index is 0.918. The van der Waals surface area contributed by atoms with Crippen LogP contribution in [0.25, 0.3) is 97.0 Å². The molecule has 214 valence electrons. The Balaban J connectivity index is 1.28. The lowest BCUT2D eigenvalue weighted by molar-refractivity contribution is 0.673. The van der Waals surface area contributed by atoms with Gasteiger partial charge < -0.3 is 4.42 Å². The molecule has 2 aromatic heterocycles. The molecular formula is C44H26OS. The number of fused-ring (bicyclic) bond motifs is 8. The van der Waals surface area contributed by atoms with E-state index in [4.69, 9.17) is 4.42 Å². The number of hydrogen-bond donors (Lipinski definition) is 0. The molecule has 46 heavy (non-hydrogen) atoms. The van der Waals surface area contributed by atoms with Gasteiger partial charge in [-0.05, 0) is 89.8 Å². The Morgan fingerprint density at radius 1 is 0.413 bits per heavy atom. The van der Waals surface area contributed by atoms with Gasteiger partial charge >= 0.3 is 0 Å². The van der Waals surface area contributed by atoms with Crippen LogP contribution in [-0.4, -0.2) is 0 Å². The summed E-state index contributed by atoms with van der Waals surface area (Å²) < 4.78 is 7.94. The monoisotopic (exact) mass is 602 g/mol. The molecule has 0 N–H and O–H groups in total. The van der Waals surface area contributed by atoms with E-state index in [1.54, 1.807) is 0 Å². The molecule has 0 bridgehead atoms. The number of hydrogen-bond acceptors (Lipinski definition) is 2. The maximum absolute atomic E-state index is 6.75. The molecule has 8 aromatic carbocycles. The van der Waals surface area contributed by atoms with Gasteiger partial charge in [0.1, 0.15) is 5.58 Å². The highest BCUT2D eigenvalue weighted by Crippen LogP contribution is 2.48. The molecule has 10 aromatic rings. The molecule has 0 unspecified atom stereocenters. The Bertz CT molecular complexity index is 2740. The number of furan rings is 1. The van der Waals surface area contributed by atoms with Crippen LogP contribution in [0, 0.1) is 0 Å². The smallest absolute Gasteiger partial charge is 0.153 e. The van der Waals surface area contributed by atoms with Crippen molar-refractivity contribution in [3.05, 3.63) is 158 Å². The Kier molecular flexibility index (Phi) is 5.51. The van der Waals surface area contributed by atoms with Crippen molar-refractivity contribution < 1.29 is 4.42 Å². The van der Waals surface area contributed by atoms with Gasteiger partial charge in [0.05, 0.1) is 4.70 Å². The summed E-state index contributed by atoms with van der Waals surface area (Å²) in [5.41, 5.74) is 8.08. The largest absolute Gasteiger partial charge is 0.455 e. The first-order valence-electron chi connectivity index (χ1n) is 15.7. The van der Waals surface area contributed by atoms with Crippen LogP contribution in [-0.2, 0) is 0 Å². The zero-order valence-corrected chi connectivity index (χ0v) is 25.6. The van der Waals surface area contributed by atoms with Gasteiger partial charge in [0.15, 0.2) is 5.58 Å². The van der Waals surface area contributed by atoms with Gasteiger partial charge in [0.2, 0.25) is 0 Å². The van der Waals surface area contributed by atoms with Crippen molar-refractivity contribution in [2.75, 3.05) is 0 Å². The zero-order chi connectivity index (χ0) is 30.2. The van der Waals surface area contributed by atoms with Crippen molar-refractivity contribution in [2.45, 2.75) is 0 Å². The molecule has 0 atom stereocenters. The van der Waals surface area contributed by atoms with Crippen molar-refractivity contribution in [3.63, 3.8) is 0 Å². The Morgan fingerprint density at radius 3 is 1.83 bits per heavy atom. The average Bonchev–Trinajstić information content (AvgIpc) is 3.73. The first-order valence-corrected chi connectivity index (χ1v) is 16.5. The minimum Gasteiger partial charge on any atom is -0.455 e. The quantitative estimate of drug-likeness (QED) is 0.183. The summed E-state index contributed by atoms with van der Waals surface area (Å²) in [5, 5.41) is 11.0. The Morgan fingerprint density at radius 2 is 1.07 bits per heavy atom. The third-order valence-corrected chi connectivity index (χ3v) is 10.6. The van der Waals surface area contributed by atoms with Crippen LogP contribution >= 0.6 is 11.3 Å². The van der Waals surface area contributed by atoms with Crippen LogP contribution in [0.5, 0.6) is 0 Å². The van der Waals surface area contributed by atoms with Crippen molar-refractivity contribution in [1.29, 1.82) is 0 Å². The summed E-state index contributed by atoms with van der Waals surface area (Å²) in [6.07, 6.45) is 0. The maximum Gasteiger partial charge on any atom is 0.153 e. The van der Waals surface area contributed by atoms with Gasteiger partial charge in [0, 0.05) is 15.6 Å². The van der Waals surface area contributed by atoms with Gasteiger partial charge in [-0.15, -0.1) is 11.3 Å². The maximum atomic E-state index is 6.75. The van der Waals surface area contributed by atoms with Crippen molar-refractivity contribution >= 4 is 75.7 Å². The first-order chi connectivity index (χ1) is 22.8. The number of benzene rings is 8. The molecule has 0 amide bonds. The number of rotatable bonds is 3. The van der Waals surface area contributed by atoms with Crippen LogP contribution in [0.2, 0.25) is 0 Å². The van der Waals surface area contributed by atoms with E-state index in [0.717, 1.165) is 16.6 Å². The van der Waals surface area contributed by atoms with Crippen LogP contribution in [0.4, 0.5) is 0 Å². The highest BCUT2D eigenvalue weighted by atomic mass is 32.1. The molecule has 0 aliphatic heterocycles. The predicted octanol–water partition coefficient (Wildman–Crippen LogP) is 13.3. The fourth-order valence-electron chi connectivity index (χ4n) is 7.41. The van der Waals surface area contributed by atoms with Crippen molar-refractivity contribution in [3.8, 4) is 32.7 Å². The summed E-state index contributed by atoms with van der Waals surface area (Å²) in [6.45, 7) is 0. The molecule has 0 spiro atoms. The molecule has 2 heterocycles. The molecule has 0 saturated heterocycles. The SMILES string of the molecule is c1ccc(-c2cc3ccc4c(oc5cccc(-c6c7ccccc7c(-c7ccc8ccccc8c7)c7ccccc67)c54)c3s2)cc1. The lowest BCUT2D eigenvalue weighted by Gasteiger charge is -2.18. The minimum absolute atomic E-state index is 0.918. The molecule has 0 radical (unpaired) electrons. The lowest BCUT2D eigenvalue weighted by Crippen LogP contribution is -1.91. The number of thiophene rings is 1. The van der Waals surface area contributed by atoms with E-state index in [-0.39, 0.29) is 0 Å². The molecule has 0 aliphatic rings. The van der Waals surface area contributed by atoms with Crippen LogP contribution < -0.4 is 0 Å². The Hall–Kier alpha value is -5.70. The van der Waals surface area contributed by atoms with E-state index in [1.165, 1.54) is 80.5 Å². The second-order valence-electron chi connectivity index (χ2n) is 12.0. The van der Waals surface area contributed by atoms with E-state index < -0.39 is 0 Å². The van der Waals surface area contributed by atoms with Crippen molar-refractivity contribution in [1.82, 2.24) is 0 Å². The topological polar surface area (TPSA) is 13.1 Å². The van der Waals surface area contributed by atoms with E-state index in [1.807, 2.05) is 11.3 Å². The van der Waals surface area contributed by atoms with Crippen LogP contribution in [0.3, 0.4) is 0 Å².